The SMILES string of the molecule is CCc1ccccc1NC(=O)CN(C)C(=O)C(C)Sc1nnc(Nc2cccc(OC)c2)s1. The predicted molar refractivity (Wildman–Crippen MR) is 134 cm³/mol. The zero-order valence-electron chi connectivity index (χ0n) is 19.0. The highest BCUT2D eigenvalue weighted by Crippen LogP contribution is 2.31. The van der Waals surface area contributed by atoms with Gasteiger partial charge in [-0.15, -0.1) is 10.2 Å². The zero-order valence-corrected chi connectivity index (χ0v) is 20.6. The van der Waals surface area contributed by atoms with Crippen molar-refractivity contribution in [3.63, 3.8) is 0 Å². The summed E-state index contributed by atoms with van der Waals surface area (Å²) in [5.74, 6) is 0.352. The van der Waals surface area contributed by atoms with Crippen LogP contribution in [0.1, 0.15) is 19.4 Å². The Morgan fingerprint density at radius 3 is 2.73 bits per heavy atom. The van der Waals surface area contributed by atoms with Gasteiger partial charge in [0.2, 0.25) is 16.9 Å². The molecular formula is C23H27N5O3S2. The third-order valence-electron chi connectivity index (χ3n) is 4.78. The van der Waals surface area contributed by atoms with Crippen molar-refractivity contribution in [2.75, 3.05) is 31.3 Å². The smallest absolute Gasteiger partial charge is 0.243 e. The monoisotopic (exact) mass is 485 g/mol. The van der Waals surface area contributed by atoms with Gasteiger partial charge in [0.05, 0.1) is 18.9 Å². The van der Waals surface area contributed by atoms with Gasteiger partial charge >= 0.3 is 0 Å². The molecule has 10 heteroatoms. The number of para-hydroxylation sites is 1. The van der Waals surface area contributed by atoms with Crippen LogP contribution in [0.2, 0.25) is 0 Å². The number of hydrogen-bond acceptors (Lipinski definition) is 8. The minimum Gasteiger partial charge on any atom is -0.497 e. The van der Waals surface area contributed by atoms with Crippen LogP contribution >= 0.6 is 23.1 Å². The Morgan fingerprint density at radius 2 is 1.97 bits per heavy atom. The lowest BCUT2D eigenvalue weighted by atomic mass is 10.1. The number of hydrogen-bond donors (Lipinski definition) is 2. The summed E-state index contributed by atoms with van der Waals surface area (Å²) in [6.45, 7) is 3.80. The number of thioether (sulfide) groups is 1. The molecule has 0 spiro atoms. The van der Waals surface area contributed by atoms with E-state index in [0.717, 1.165) is 29.1 Å². The molecule has 0 saturated heterocycles. The van der Waals surface area contributed by atoms with Crippen molar-refractivity contribution >= 4 is 51.4 Å². The third-order valence-corrected chi connectivity index (χ3v) is 6.79. The van der Waals surface area contributed by atoms with Crippen LogP contribution in [0.3, 0.4) is 0 Å². The second-order valence-corrected chi connectivity index (χ2v) is 9.81. The summed E-state index contributed by atoms with van der Waals surface area (Å²) in [5, 5.41) is 14.6. The van der Waals surface area contributed by atoms with E-state index < -0.39 is 5.25 Å². The first-order valence-corrected chi connectivity index (χ1v) is 12.1. The van der Waals surface area contributed by atoms with Gasteiger partial charge in [0, 0.05) is 24.5 Å². The van der Waals surface area contributed by atoms with E-state index in [4.69, 9.17) is 4.74 Å². The number of carbonyl (C=O) groups is 2. The van der Waals surface area contributed by atoms with Crippen LogP contribution in [0.5, 0.6) is 5.75 Å². The molecular weight excluding hydrogens is 458 g/mol. The number of rotatable bonds is 10. The van der Waals surface area contributed by atoms with E-state index in [9.17, 15) is 9.59 Å². The highest BCUT2D eigenvalue weighted by atomic mass is 32.2. The van der Waals surface area contributed by atoms with Gasteiger partial charge in [-0.25, -0.2) is 0 Å². The number of anilines is 3. The highest BCUT2D eigenvalue weighted by Gasteiger charge is 2.22. The van der Waals surface area contributed by atoms with Crippen LogP contribution < -0.4 is 15.4 Å². The van der Waals surface area contributed by atoms with E-state index >= 15 is 0 Å². The maximum atomic E-state index is 12.8. The Labute approximate surface area is 201 Å². The van der Waals surface area contributed by atoms with Gasteiger partial charge in [-0.05, 0) is 37.1 Å². The summed E-state index contributed by atoms with van der Waals surface area (Å²) in [4.78, 5) is 26.7. The summed E-state index contributed by atoms with van der Waals surface area (Å²) in [7, 11) is 3.24. The number of aryl methyl sites for hydroxylation is 1. The fourth-order valence-electron chi connectivity index (χ4n) is 3.08. The fourth-order valence-corrected chi connectivity index (χ4v) is 5.11. The van der Waals surface area contributed by atoms with Crippen LogP contribution in [-0.4, -0.2) is 52.9 Å². The molecule has 1 unspecified atom stereocenters. The summed E-state index contributed by atoms with van der Waals surface area (Å²) >= 11 is 2.67. The molecule has 174 valence electrons. The maximum absolute atomic E-state index is 12.8. The Morgan fingerprint density at radius 1 is 1.18 bits per heavy atom. The van der Waals surface area contributed by atoms with Crippen LogP contribution in [0.25, 0.3) is 0 Å². The van der Waals surface area contributed by atoms with Gasteiger partial charge < -0.3 is 20.3 Å². The molecule has 3 aromatic rings. The molecule has 0 saturated carbocycles. The van der Waals surface area contributed by atoms with Gasteiger partial charge in [-0.2, -0.15) is 0 Å². The topological polar surface area (TPSA) is 96.5 Å². The summed E-state index contributed by atoms with van der Waals surface area (Å²) in [5.41, 5.74) is 2.66. The normalized spacial score (nSPS) is 11.5. The molecule has 0 aliphatic carbocycles. The molecule has 2 aromatic carbocycles. The van der Waals surface area contributed by atoms with Gasteiger partial charge in [-0.1, -0.05) is 54.3 Å². The average molecular weight is 486 g/mol. The van der Waals surface area contributed by atoms with Crippen molar-refractivity contribution in [1.29, 1.82) is 0 Å². The molecule has 1 heterocycles. The van der Waals surface area contributed by atoms with Crippen molar-refractivity contribution in [2.24, 2.45) is 0 Å². The Kier molecular flexibility index (Phi) is 8.67. The number of aromatic nitrogens is 2. The Bertz CT molecular complexity index is 1100. The third kappa shape index (κ3) is 6.93. The minimum atomic E-state index is -0.414. The summed E-state index contributed by atoms with van der Waals surface area (Å²) < 4.78 is 5.89. The van der Waals surface area contributed by atoms with Gasteiger partial charge in [0.15, 0.2) is 4.34 Å². The first-order valence-electron chi connectivity index (χ1n) is 10.4. The predicted octanol–water partition coefficient (Wildman–Crippen LogP) is 4.43. The number of benzene rings is 2. The molecule has 3 rings (SSSR count). The number of nitrogens with zero attached hydrogens (tertiary/aromatic N) is 3. The first-order chi connectivity index (χ1) is 15.9. The Hall–Kier alpha value is -3.11. The molecule has 0 aliphatic rings. The van der Waals surface area contributed by atoms with Crippen molar-refractivity contribution in [3.8, 4) is 5.75 Å². The number of carbonyl (C=O) groups excluding carboxylic acids is 2. The number of nitrogens with one attached hydrogen (secondary N) is 2. The van der Waals surface area contributed by atoms with Crippen molar-refractivity contribution in [2.45, 2.75) is 29.9 Å². The molecule has 2 amide bonds. The van der Waals surface area contributed by atoms with Crippen LogP contribution in [0.4, 0.5) is 16.5 Å². The molecule has 0 aliphatic heterocycles. The number of amides is 2. The lowest BCUT2D eigenvalue weighted by Crippen LogP contribution is -2.39. The fraction of sp³-hybridized carbons (Fsp3) is 0.304. The van der Waals surface area contributed by atoms with E-state index in [0.29, 0.717) is 9.47 Å². The largest absolute Gasteiger partial charge is 0.497 e. The van der Waals surface area contributed by atoms with E-state index in [2.05, 4.69) is 20.8 Å². The molecule has 33 heavy (non-hydrogen) atoms. The van der Waals surface area contributed by atoms with Crippen LogP contribution in [-0.2, 0) is 16.0 Å². The van der Waals surface area contributed by atoms with Crippen LogP contribution in [0, 0.1) is 0 Å². The maximum Gasteiger partial charge on any atom is 0.243 e. The standard InChI is InChI=1S/C23H27N5O3S2/c1-5-16-9-6-7-12-19(16)25-20(29)14-28(3)21(30)15(2)32-23-27-26-22(33-23)24-17-10-8-11-18(13-17)31-4/h6-13,15H,5,14H2,1-4H3,(H,24,26)(H,25,29). The zero-order chi connectivity index (χ0) is 23.8. The van der Waals surface area contributed by atoms with E-state index in [1.165, 1.54) is 28.0 Å². The van der Waals surface area contributed by atoms with E-state index in [1.54, 1.807) is 21.1 Å². The van der Waals surface area contributed by atoms with Crippen molar-refractivity contribution in [1.82, 2.24) is 15.1 Å². The second-order valence-electron chi connectivity index (χ2n) is 7.24. The summed E-state index contributed by atoms with van der Waals surface area (Å²) in [6.07, 6.45) is 0.815. The van der Waals surface area contributed by atoms with Crippen LogP contribution in [0.15, 0.2) is 52.9 Å². The number of methoxy groups -OCH3 is 1. The van der Waals surface area contributed by atoms with Crippen molar-refractivity contribution < 1.29 is 14.3 Å². The average Bonchev–Trinajstić information content (AvgIpc) is 3.25. The molecule has 0 radical (unpaired) electrons. The lowest BCUT2D eigenvalue weighted by molar-refractivity contribution is -0.132. The molecule has 1 atom stereocenters. The Balaban J connectivity index is 1.52. The minimum absolute atomic E-state index is 0.0272. The summed E-state index contributed by atoms with van der Waals surface area (Å²) in [6, 6.07) is 15.2. The van der Waals surface area contributed by atoms with E-state index in [-0.39, 0.29) is 18.4 Å². The molecule has 2 N–H and O–H groups in total. The molecule has 0 bridgehead atoms. The van der Waals surface area contributed by atoms with E-state index in [1.807, 2.05) is 55.5 Å². The highest BCUT2D eigenvalue weighted by molar-refractivity contribution is 8.02. The number of ether oxygens (including phenoxy) is 1. The van der Waals surface area contributed by atoms with Gasteiger partial charge in [-0.3, -0.25) is 9.59 Å². The molecule has 8 nitrogen and oxygen atoms in total. The van der Waals surface area contributed by atoms with Crippen molar-refractivity contribution in [3.05, 3.63) is 54.1 Å². The second kappa shape index (κ2) is 11.7. The molecule has 1 aromatic heterocycles. The number of likely N-dealkylation sites (N-methyl/N-ethyl adjacent to an activating group) is 1. The lowest BCUT2D eigenvalue weighted by Gasteiger charge is -2.20. The van der Waals surface area contributed by atoms with Gasteiger partial charge in [0.25, 0.3) is 0 Å². The molecule has 0 fully saturated rings. The first kappa shape index (κ1) is 24.5. The van der Waals surface area contributed by atoms with Gasteiger partial charge in [0.1, 0.15) is 5.75 Å². The quantitative estimate of drug-likeness (QED) is 0.410.